The van der Waals surface area contributed by atoms with Crippen LogP contribution in [0.1, 0.15) is 50.2 Å². The number of ether oxygens (including phenoxy) is 1. The molecule has 1 amide bonds. The van der Waals surface area contributed by atoms with Gasteiger partial charge in [0.05, 0.1) is 37.3 Å². The first-order valence-electron chi connectivity index (χ1n) is 9.08. The number of methoxy groups -OCH3 is 1. The Bertz CT molecular complexity index is 842. The second-order valence-corrected chi connectivity index (χ2v) is 7.55. The molecule has 1 aromatic carbocycles. The van der Waals surface area contributed by atoms with E-state index in [0.29, 0.717) is 12.2 Å². The van der Waals surface area contributed by atoms with E-state index >= 15 is 0 Å². The lowest BCUT2D eigenvalue weighted by atomic mass is 9.84. The van der Waals surface area contributed by atoms with E-state index in [9.17, 15) is 10.1 Å². The molecule has 1 aromatic heterocycles. The Kier molecular flexibility index (Phi) is 6.27. The van der Waals surface area contributed by atoms with Crippen molar-refractivity contribution >= 4 is 5.91 Å². The molecular formula is C21H28N4O2. The molecule has 0 atom stereocenters. The Morgan fingerprint density at radius 2 is 1.96 bits per heavy atom. The molecule has 0 aliphatic carbocycles. The number of benzene rings is 1. The fourth-order valence-electron chi connectivity index (χ4n) is 3.18. The molecule has 144 valence electrons. The number of aromatic nitrogens is 2. The van der Waals surface area contributed by atoms with Gasteiger partial charge in [0.15, 0.2) is 0 Å². The molecule has 0 aliphatic heterocycles. The SMILES string of the molecule is COc1ccc(Cn2nc(CC(=O)NC(C)C)c(C(C)(C)C#N)c2C)cc1. The molecule has 27 heavy (non-hydrogen) atoms. The molecule has 2 rings (SSSR count). The largest absolute Gasteiger partial charge is 0.497 e. The van der Waals surface area contributed by atoms with Crippen molar-refractivity contribution in [3.8, 4) is 11.8 Å². The van der Waals surface area contributed by atoms with Crippen molar-refractivity contribution in [2.75, 3.05) is 7.11 Å². The minimum Gasteiger partial charge on any atom is -0.497 e. The Morgan fingerprint density at radius 3 is 2.48 bits per heavy atom. The summed E-state index contributed by atoms with van der Waals surface area (Å²) in [5, 5.41) is 17.2. The number of hydrogen-bond donors (Lipinski definition) is 1. The Morgan fingerprint density at radius 1 is 1.33 bits per heavy atom. The third-order valence-corrected chi connectivity index (χ3v) is 4.45. The third-order valence-electron chi connectivity index (χ3n) is 4.45. The van der Waals surface area contributed by atoms with Crippen LogP contribution in [-0.4, -0.2) is 28.8 Å². The van der Waals surface area contributed by atoms with Gasteiger partial charge in [0.1, 0.15) is 5.75 Å². The summed E-state index contributed by atoms with van der Waals surface area (Å²) in [6.45, 7) is 10.1. The molecule has 6 heteroatoms. The summed E-state index contributed by atoms with van der Waals surface area (Å²) >= 11 is 0. The van der Waals surface area contributed by atoms with Crippen LogP contribution in [0.25, 0.3) is 0 Å². The molecular weight excluding hydrogens is 340 g/mol. The monoisotopic (exact) mass is 368 g/mol. The molecule has 0 saturated heterocycles. The normalized spacial score (nSPS) is 11.3. The van der Waals surface area contributed by atoms with Crippen molar-refractivity contribution in [3.63, 3.8) is 0 Å². The van der Waals surface area contributed by atoms with Crippen LogP contribution < -0.4 is 10.1 Å². The highest BCUT2D eigenvalue weighted by atomic mass is 16.5. The van der Waals surface area contributed by atoms with Crippen molar-refractivity contribution in [2.24, 2.45) is 0 Å². The van der Waals surface area contributed by atoms with Crippen LogP contribution >= 0.6 is 0 Å². The van der Waals surface area contributed by atoms with Gasteiger partial charge in [-0.2, -0.15) is 10.4 Å². The minimum absolute atomic E-state index is 0.0624. The van der Waals surface area contributed by atoms with Gasteiger partial charge in [0.2, 0.25) is 5.91 Å². The summed E-state index contributed by atoms with van der Waals surface area (Å²) in [4.78, 5) is 12.3. The molecule has 0 spiro atoms. The number of carbonyl (C=O) groups excluding carboxylic acids is 1. The quantitative estimate of drug-likeness (QED) is 0.814. The second kappa shape index (κ2) is 8.26. The molecule has 0 fully saturated rings. The molecule has 0 aliphatic rings. The Balaban J connectivity index is 2.39. The zero-order valence-electron chi connectivity index (χ0n) is 17.0. The second-order valence-electron chi connectivity index (χ2n) is 7.55. The lowest BCUT2D eigenvalue weighted by Gasteiger charge is -2.17. The summed E-state index contributed by atoms with van der Waals surface area (Å²) in [5.41, 5.74) is 2.74. The molecule has 1 heterocycles. The van der Waals surface area contributed by atoms with Gasteiger partial charge in [-0.3, -0.25) is 9.48 Å². The van der Waals surface area contributed by atoms with Gasteiger partial charge in [0, 0.05) is 17.3 Å². The fraction of sp³-hybridized carbons (Fsp3) is 0.476. The van der Waals surface area contributed by atoms with Crippen LogP contribution in [0.5, 0.6) is 5.75 Å². The Hall–Kier alpha value is -2.81. The molecule has 0 bridgehead atoms. The molecule has 0 radical (unpaired) electrons. The topological polar surface area (TPSA) is 79.9 Å². The maximum atomic E-state index is 12.3. The summed E-state index contributed by atoms with van der Waals surface area (Å²) in [6, 6.07) is 10.2. The van der Waals surface area contributed by atoms with Gasteiger partial charge in [-0.15, -0.1) is 0 Å². The number of amides is 1. The summed E-state index contributed by atoms with van der Waals surface area (Å²) in [7, 11) is 1.64. The minimum atomic E-state index is -0.727. The lowest BCUT2D eigenvalue weighted by Crippen LogP contribution is -2.32. The molecule has 0 saturated carbocycles. The van der Waals surface area contributed by atoms with E-state index in [4.69, 9.17) is 4.74 Å². The highest BCUT2D eigenvalue weighted by Crippen LogP contribution is 2.30. The van der Waals surface area contributed by atoms with Crippen molar-refractivity contribution in [1.29, 1.82) is 5.26 Å². The first-order chi connectivity index (χ1) is 12.7. The van der Waals surface area contributed by atoms with Crippen LogP contribution in [-0.2, 0) is 23.2 Å². The third kappa shape index (κ3) is 4.88. The van der Waals surface area contributed by atoms with Gasteiger partial charge in [-0.25, -0.2) is 0 Å². The summed E-state index contributed by atoms with van der Waals surface area (Å²) in [6.07, 6.45) is 0.162. The van der Waals surface area contributed by atoms with Gasteiger partial charge in [0.25, 0.3) is 0 Å². The van der Waals surface area contributed by atoms with Crippen molar-refractivity contribution < 1.29 is 9.53 Å². The van der Waals surface area contributed by atoms with Crippen LogP contribution in [0.4, 0.5) is 0 Å². The van der Waals surface area contributed by atoms with Crippen molar-refractivity contribution in [1.82, 2.24) is 15.1 Å². The lowest BCUT2D eigenvalue weighted by molar-refractivity contribution is -0.121. The fourth-order valence-corrected chi connectivity index (χ4v) is 3.18. The van der Waals surface area contributed by atoms with Gasteiger partial charge in [-0.1, -0.05) is 12.1 Å². The number of nitrogens with one attached hydrogen (secondary N) is 1. The smallest absolute Gasteiger partial charge is 0.226 e. The highest BCUT2D eigenvalue weighted by molar-refractivity contribution is 5.79. The molecule has 0 unspecified atom stereocenters. The Labute approximate surface area is 161 Å². The summed E-state index contributed by atoms with van der Waals surface area (Å²) in [5.74, 6) is 0.711. The molecule has 6 nitrogen and oxygen atoms in total. The summed E-state index contributed by atoms with van der Waals surface area (Å²) < 4.78 is 7.07. The number of carbonyl (C=O) groups is 1. The zero-order valence-corrected chi connectivity index (χ0v) is 17.0. The van der Waals surface area contributed by atoms with Gasteiger partial charge in [-0.05, 0) is 52.3 Å². The number of nitrogens with zero attached hydrogens (tertiary/aromatic N) is 3. The van der Waals surface area contributed by atoms with E-state index in [-0.39, 0.29) is 18.4 Å². The predicted octanol–water partition coefficient (Wildman–Crippen LogP) is 3.12. The van der Waals surface area contributed by atoms with E-state index in [2.05, 4.69) is 16.5 Å². The average Bonchev–Trinajstić information content (AvgIpc) is 2.90. The standard InChI is InChI=1S/C21H28N4O2/c1-14(2)23-19(26)11-18-20(21(4,5)13-22)15(3)25(24-18)12-16-7-9-17(27-6)10-8-16/h7-10,14H,11-12H2,1-6H3,(H,23,26). The van der Waals surface area contributed by atoms with Crippen LogP contribution in [0.2, 0.25) is 0 Å². The van der Waals surface area contributed by atoms with Gasteiger partial charge >= 0.3 is 0 Å². The number of hydrogen-bond acceptors (Lipinski definition) is 4. The van der Waals surface area contributed by atoms with Gasteiger partial charge < -0.3 is 10.1 Å². The first-order valence-corrected chi connectivity index (χ1v) is 9.08. The first kappa shape index (κ1) is 20.5. The maximum Gasteiger partial charge on any atom is 0.226 e. The van der Waals surface area contributed by atoms with E-state index in [1.165, 1.54) is 0 Å². The van der Waals surface area contributed by atoms with Crippen molar-refractivity contribution in [3.05, 3.63) is 46.8 Å². The van der Waals surface area contributed by atoms with Crippen LogP contribution in [0.15, 0.2) is 24.3 Å². The zero-order chi connectivity index (χ0) is 20.2. The molecule has 2 aromatic rings. The van der Waals surface area contributed by atoms with Crippen LogP contribution in [0, 0.1) is 18.3 Å². The predicted molar refractivity (Wildman–Crippen MR) is 105 cm³/mol. The van der Waals surface area contributed by atoms with Crippen LogP contribution in [0.3, 0.4) is 0 Å². The maximum absolute atomic E-state index is 12.3. The van der Waals surface area contributed by atoms with E-state index in [1.807, 2.05) is 63.6 Å². The van der Waals surface area contributed by atoms with Crippen molar-refractivity contribution in [2.45, 2.75) is 59.0 Å². The number of rotatable bonds is 7. The number of nitriles is 1. The highest BCUT2D eigenvalue weighted by Gasteiger charge is 2.30. The van der Waals surface area contributed by atoms with E-state index < -0.39 is 5.41 Å². The average molecular weight is 368 g/mol. The van der Waals surface area contributed by atoms with E-state index in [1.54, 1.807) is 7.11 Å². The van der Waals surface area contributed by atoms with E-state index in [0.717, 1.165) is 22.6 Å². The molecule has 1 N–H and O–H groups in total.